The van der Waals surface area contributed by atoms with Crippen LogP contribution >= 0.6 is 15.9 Å². The fourth-order valence-corrected chi connectivity index (χ4v) is 2.11. The van der Waals surface area contributed by atoms with E-state index in [0.29, 0.717) is 12.2 Å². The van der Waals surface area contributed by atoms with Gasteiger partial charge >= 0.3 is 0 Å². The summed E-state index contributed by atoms with van der Waals surface area (Å²) in [6.07, 6.45) is 4.66. The molecule has 5 nitrogen and oxygen atoms in total. The predicted molar refractivity (Wildman–Crippen MR) is 84.6 cm³/mol. The van der Waals surface area contributed by atoms with Crippen molar-refractivity contribution in [2.24, 2.45) is 5.10 Å². The molecule has 1 heterocycles. The number of amides is 1. The quantitative estimate of drug-likeness (QED) is 0.667. The van der Waals surface area contributed by atoms with Gasteiger partial charge in [0.05, 0.1) is 22.9 Å². The number of hydrogen-bond acceptors (Lipinski definition) is 4. The highest BCUT2D eigenvalue weighted by atomic mass is 79.9. The smallest absolute Gasteiger partial charge is 0.272 e. The molecule has 21 heavy (non-hydrogen) atoms. The van der Waals surface area contributed by atoms with Gasteiger partial charge in [-0.15, -0.1) is 0 Å². The SMILES string of the molecule is CCOc1ccc(/C=N\NC(=O)c2cccnc2)cc1Br. The molecule has 0 saturated carbocycles. The topological polar surface area (TPSA) is 63.6 Å². The summed E-state index contributed by atoms with van der Waals surface area (Å²) in [7, 11) is 0. The Morgan fingerprint density at radius 3 is 3.00 bits per heavy atom. The van der Waals surface area contributed by atoms with E-state index in [0.717, 1.165) is 15.8 Å². The minimum atomic E-state index is -0.302. The number of carbonyl (C=O) groups is 1. The molecule has 1 N–H and O–H groups in total. The van der Waals surface area contributed by atoms with Crippen LogP contribution in [0.15, 0.2) is 52.3 Å². The standard InChI is InChI=1S/C15H14BrN3O2/c1-2-21-14-6-5-11(8-13(14)16)9-18-19-15(20)12-4-3-7-17-10-12/h3-10H,2H2,1H3,(H,19,20)/b18-9-. The van der Waals surface area contributed by atoms with Crippen LogP contribution in [0.4, 0.5) is 0 Å². The molecule has 2 rings (SSSR count). The van der Waals surface area contributed by atoms with Gasteiger partial charge in [-0.3, -0.25) is 9.78 Å². The van der Waals surface area contributed by atoms with Crippen molar-refractivity contribution in [3.63, 3.8) is 0 Å². The summed E-state index contributed by atoms with van der Waals surface area (Å²) in [6, 6.07) is 8.94. The fraction of sp³-hybridized carbons (Fsp3) is 0.133. The van der Waals surface area contributed by atoms with Crippen LogP contribution in [0, 0.1) is 0 Å². The van der Waals surface area contributed by atoms with Crippen molar-refractivity contribution < 1.29 is 9.53 Å². The second-order valence-corrected chi connectivity index (χ2v) is 4.92. The Hall–Kier alpha value is -2.21. The van der Waals surface area contributed by atoms with Crippen molar-refractivity contribution in [3.05, 3.63) is 58.3 Å². The highest BCUT2D eigenvalue weighted by Gasteiger charge is 2.03. The molecule has 0 fully saturated rings. The number of benzene rings is 1. The molecule has 0 radical (unpaired) electrons. The number of nitrogens with one attached hydrogen (secondary N) is 1. The molecule has 1 aromatic heterocycles. The van der Waals surface area contributed by atoms with Gasteiger partial charge < -0.3 is 4.74 Å². The van der Waals surface area contributed by atoms with Crippen LogP contribution in [0.3, 0.4) is 0 Å². The Bertz CT molecular complexity index is 645. The van der Waals surface area contributed by atoms with Crippen LogP contribution < -0.4 is 10.2 Å². The first-order valence-electron chi connectivity index (χ1n) is 6.36. The Morgan fingerprint density at radius 1 is 1.48 bits per heavy atom. The zero-order valence-corrected chi connectivity index (χ0v) is 13.0. The molecule has 0 spiro atoms. The Morgan fingerprint density at radius 2 is 2.33 bits per heavy atom. The lowest BCUT2D eigenvalue weighted by molar-refractivity contribution is 0.0955. The molecule has 1 aromatic carbocycles. The largest absolute Gasteiger partial charge is 0.493 e. The van der Waals surface area contributed by atoms with Gasteiger partial charge in [-0.1, -0.05) is 0 Å². The van der Waals surface area contributed by atoms with Crippen molar-refractivity contribution in [1.29, 1.82) is 0 Å². The lowest BCUT2D eigenvalue weighted by Crippen LogP contribution is -2.17. The third-order valence-electron chi connectivity index (χ3n) is 2.56. The first-order chi connectivity index (χ1) is 10.2. The molecular weight excluding hydrogens is 334 g/mol. The zero-order chi connectivity index (χ0) is 15.1. The molecule has 0 atom stereocenters. The lowest BCUT2D eigenvalue weighted by Gasteiger charge is -2.05. The van der Waals surface area contributed by atoms with Crippen LogP contribution in [0.5, 0.6) is 5.75 Å². The maximum absolute atomic E-state index is 11.7. The predicted octanol–water partition coefficient (Wildman–Crippen LogP) is 3.01. The number of pyridine rings is 1. The van der Waals surface area contributed by atoms with Crippen molar-refractivity contribution in [1.82, 2.24) is 10.4 Å². The fourth-order valence-electron chi connectivity index (χ4n) is 1.60. The van der Waals surface area contributed by atoms with Crippen molar-refractivity contribution in [2.75, 3.05) is 6.61 Å². The zero-order valence-electron chi connectivity index (χ0n) is 11.4. The summed E-state index contributed by atoms with van der Waals surface area (Å²) >= 11 is 3.42. The van der Waals surface area contributed by atoms with E-state index in [1.165, 1.54) is 6.20 Å². The second kappa shape index (κ2) is 7.54. The Balaban J connectivity index is 1.98. The first kappa shape index (κ1) is 15.2. The average molecular weight is 348 g/mol. The maximum atomic E-state index is 11.7. The number of ether oxygens (including phenoxy) is 1. The highest BCUT2D eigenvalue weighted by Crippen LogP contribution is 2.25. The van der Waals surface area contributed by atoms with Gasteiger partial charge in [0.1, 0.15) is 5.75 Å². The van der Waals surface area contributed by atoms with Crippen molar-refractivity contribution >= 4 is 28.1 Å². The van der Waals surface area contributed by atoms with Gasteiger partial charge in [-0.25, -0.2) is 5.43 Å². The number of nitrogens with zero attached hydrogens (tertiary/aromatic N) is 2. The molecule has 1 amide bonds. The summed E-state index contributed by atoms with van der Waals surface area (Å²) in [5.74, 6) is 0.471. The number of aromatic nitrogens is 1. The molecule has 0 unspecified atom stereocenters. The van der Waals surface area contributed by atoms with Crippen LogP contribution in [0.1, 0.15) is 22.8 Å². The van der Waals surface area contributed by atoms with Gasteiger partial charge in [-0.2, -0.15) is 5.10 Å². The molecular formula is C15H14BrN3O2. The van der Waals surface area contributed by atoms with Gasteiger partial charge in [0.2, 0.25) is 0 Å². The number of rotatable bonds is 5. The van der Waals surface area contributed by atoms with E-state index in [-0.39, 0.29) is 5.91 Å². The summed E-state index contributed by atoms with van der Waals surface area (Å²) in [6.45, 7) is 2.53. The van der Waals surface area contributed by atoms with Crippen LogP contribution in [0.25, 0.3) is 0 Å². The summed E-state index contributed by atoms with van der Waals surface area (Å²) < 4.78 is 6.26. The lowest BCUT2D eigenvalue weighted by atomic mass is 10.2. The van der Waals surface area contributed by atoms with Gasteiger partial charge in [0.15, 0.2) is 0 Å². The Labute approximate surface area is 131 Å². The second-order valence-electron chi connectivity index (χ2n) is 4.06. The number of hydrazone groups is 1. The van der Waals surface area contributed by atoms with Gasteiger partial charge in [0.25, 0.3) is 5.91 Å². The normalized spacial score (nSPS) is 10.6. The third kappa shape index (κ3) is 4.39. The van der Waals surface area contributed by atoms with Gasteiger partial charge in [-0.05, 0) is 58.7 Å². The van der Waals surface area contributed by atoms with E-state index in [2.05, 4.69) is 31.4 Å². The Kier molecular flexibility index (Phi) is 5.45. The van der Waals surface area contributed by atoms with E-state index in [1.807, 2.05) is 25.1 Å². The van der Waals surface area contributed by atoms with Crippen LogP contribution in [0.2, 0.25) is 0 Å². The van der Waals surface area contributed by atoms with Crippen molar-refractivity contribution in [2.45, 2.75) is 6.92 Å². The monoisotopic (exact) mass is 347 g/mol. The van der Waals surface area contributed by atoms with E-state index in [9.17, 15) is 4.79 Å². The molecule has 0 aliphatic rings. The number of carbonyl (C=O) groups excluding carboxylic acids is 1. The number of hydrogen-bond donors (Lipinski definition) is 1. The molecule has 6 heteroatoms. The maximum Gasteiger partial charge on any atom is 0.272 e. The molecule has 0 saturated heterocycles. The molecule has 108 valence electrons. The summed E-state index contributed by atoms with van der Waals surface area (Å²) in [4.78, 5) is 15.6. The van der Waals surface area contributed by atoms with E-state index in [4.69, 9.17) is 4.74 Å². The number of halogens is 1. The minimum absolute atomic E-state index is 0.302. The minimum Gasteiger partial charge on any atom is -0.493 e. The van der Waals surface area contributed by atoms with E-state index in [1.54, 1.807) is 24.5 Å². The summed E-state index contributed by atoms with van der Waals surface area (Å²) in [5.41, 5.74) is 3.76. The third-order valence-corrected chi connectivity index (χ3v) is 3.18. The van der Waals surface area contributed by atoms with E-state index >= 15 is 0 Å². The molecule has 0 bridgehead atoms. The van der Waals surface area contributed by atoms with E-state index < -0.39 is 0 Å². The molecule has 2 aromatic rings. The highest BCUT2D eigenvalue weighted by molar-refractivity contribution is 9.10. The van der Waals surface area contributed by atoms with Crippen LogP contribution in [-0.2, 0) is 0 Å². The van der Waals surface area contributed by atoms with Gasteiger partial charge in [0, 0.05) is 12.4 Å². The average Bonchev–Trinajstić information content (AvgIpc) is 2.51. The van der Waals surface area contributed by atoms with Crippen molar-refractivity contribution in [3.8, 4) is 5.75 Å². The molecule has 0 aliphatic carbocycles. The summed E-state index contributed by atoms with van der Waals surface area (Å²) in [5, 5.41) is 3.92. The van der Waals surface area contributed by atoms with Crippen LogP contribution in [-0.4, -0.2) is 23.7 Å². The first-order valence-corrected chi connectivity index (χ1v) is 7.15. The molecule has 0 aliphatic heterocycles.